The summed E-state index contributed by atoms with van der Waals surface area (Å²) in [6.45, 7) is 4.03. The van der Waals surface area contributed by atoms with Crippen LogP contribution in [-0.4, -0.2) is 38.6 Å². The maximum Gasteiger partial charge on any atom is 0.119 e. The number of ether oxygens (including phenoxy) is 2. The molecule has 0 aliphatic heterocycles. The fourth-order valence-electron chi connectivity index (χ4n) is 1.59. The van der Waals surface area contributed by atoms with Gasteiger partial charge in [0, 0.05) is 13.7 Å². The molecule has 0 amide bonds. The van der Waals surface area contributed by atoms with Crippen molar-refractivity contribution in [2.75, 3.05) is 33.5 Å². The molecule has 17 heavy (non-hydrogen) atoms. The highest BCUT2D eigenvalue weighted by molar-refractivity contribution is 5.29. The molecular weight excluding hydrogens is 218 g/mol. The SMILES string of the molecule is CCOc1ccc(C(CO)NCCOC)cc1. The van der Waals surface area contributed by atoms with Crippen molar-refractivity contribution < 1.29 is 14.6 Å². The number of aliphatic hydroxyl groups excluding tert-OH is 1. The fourth-order valence-corrected chi connectivity index (χ4v) is 1.59. The van der Waals surface area contributed by atoms with Crippen LogP contribution in [0.5, 0.6) is 5.75 Å². The first-order valence-corrected chi connectivity index (χ1v) is 5.87. The van der Waals surface area contributed by atoms with Gasteiger partial charge in [-0.3, -0.25) is 0 Å². The Morgan fingerprint density at radius 1 is 1.29 bits per heavy atom. The largest absolute Gasteiger partial charge is 0.494 e. The summed E-state index contributed by atoms with van der Waals surface area (Å²) < 4.78 is 10.3. The first-order valence-electron chi connectivity index (χ1n) is 5.87. The molecule has 0 aliphatic rings. The molecular formula is C13H21NO3. The number of hydrogen-bond donors (Lipinski definition) is 2. The van der Waals surface area contributed by atoms with E-state index in [0.717, 1.165) is 17.9 Å². The van der Waals surface area contributed by atoms with Gasteiger partial charge in [-0.05, 0) is 24.6 Å². The predicted octanol–water partition coefficient (Wildman–Crippen LogP) is 1.35. The van der Waals surface area contributed by atoms with E-state index in [2.05, 4.69) is 5.32 Å². The molecule has 1 unspecified atom stereocenters. The second-order valence-corrected chi connectivity index (χ2v) is 3.68. The predicted molar refractivity (Wildman–Crippen MR) is 67.3 cm³/mol. The van der Waals surface area contributed by atoms with Crippen LogP contribution >= 0.6 is 0 Å². The molecule has 1 aromatic rings. The van der Waals surface area contributed by atoms with Crippen LogP contribution in [0.1, 0.15) is 18.5 Å². The summed E-state index contributed by atoms with van der Waals surface area (Å²) in [4.78, 5) is 0. The third-order valence-corrected chi connectivity index (χ3v) is 2.47. The molecule has 0 spiro atoms. The van der Waals surface area contributed by atoms with Gasteiger partial charge in [0.05, 0.1) is 25.9 Å². The maximum atomic E-state index is 9.32. The summed E-state index contributed by atoms with van der Waals surface area (Å²) in [5.41, 5.74) is 1.05. The summed E-state index contributed by atoms with van der Waals surface area (Å²) in [5, 5.41) is 12.5. The minimum absolute atomic E-state index is 0.0548. The molecule has 2 N–H and O–H groups in total. The van der Waals surface area contributed by atoms with E-state index < -0.39 is 0 Å². The number of aliphatic hydroxyl groups is 1. The van der Waals surface area contributed by atoms with Gasteiger partial charge < -0.3 is 19.9 Å². The number of nitrogens with one attached hydrogen (secondary N) is 1. The van der Waals surface area contributed by atoms with E-state index in [0.29, 0.717) is 13.2 Å². The van der Waals surface area contributed by atoms with Crippen molar-refractivity contribution in [2.45, 2.75) is 13.0 Å². The monoisotopic (exact) mass is 239 g/mol. The highest BCUT2D eigenvalue weighted by Gasteiger charge is 2.09. The van der Waals surface area contributed by atoms with Gasteiger partial charge in [-0.1, -0.05) is 12.1 Å². The van der Waals surface area contributed by atoms with Crippen molar-refractivity contribution in [3.05, 3.63) is 29.8 Å². The van der Waals surface area contributed by atoms with Crippen LogP contribution in [0.2, 0.25) is 0 Å². The molecule has 0 saturated carbocycles. The first-order chi connectivity index (χ1) is 8.31. The number of benzene rings is 1. The number of hydrogen-bond acceptors (Lipinski definition) is 4. The topological polar surface area (TPSA) is 50.7 Å². The highest BCUT2D eigenvalue weighted by atomic mass is 16.5. The average molecular weight is 239 g/mol. The molecule has 4 nitrogen and oxygen atoms in total. The Balaban J connectivity index is 2.55. The Kier molecular flexibility index (Phi) is 6.62. The summed E-state index contributed by atoms with van der Waals surface area (Å²) in [5.74, 6) is 0.852. The van der Waals surface area contributed by atoms with E-state index in [1.54, 1.807) is 7.11 Å². The minimum Gasteiger partial charge on any atom is -0.494 e. The molecule has 96 valence electrons. The highest BCUT2D eigenvalue weighted by Crippen LogP contribution is 2.17. The molecule has 1 rings (SSSR count). The molecule has 0 bridgehead atoms. The van der Waals surface area contributed by atoms with E-state index in [1.807, 2.05) is 31.2 Å². The van der Waals surface area contributed by atoms with Gasteiger partial charge in [0.25, 0.3) is 0 Å². The van der Waals surface area contributed by atoms with E-state index in [9.17, 15) is 5.11 Å². The van der Waals surface area contributed by atoms with Gasteiger partial charge in [0.2, 0.25) is 0 Å². The van der Waals surface area contributed by atoms with E-state index in [-0.39, 0.29) is 12.6 Å². The van der Waals surface area contributed by atoms with Crippen LogP contribution in [0.3, 0.4) is 0 Å². The van der Waals surface area contributed by atoms with Crippen LogP contribution in [0.25, 0.3) is 0 Å². The molecule has 0 heterocycles. The van der Waals surface area contributed by atoms with Crippen LogP contribution in [-0.2, 0) is 4.74 Å². The number of methoxy groups -OCH3 is 1. The van der Waals surface area contributed by atoms with Gasteiger partial charge in [-0.15, -0.1) is 0 Å². The van der Waals surface area contributed by atoms with Crippen molar-refractivity contribution in [3.63, 3.8) is 0 Å². The summed E-state index contributed by atoms with van der Waals surface area (Å²) in [7, 11) is 1.66. The Morgan fingerprint density at radius 2 is 2.00 bits per heavy atom. The van der Waals surface area contributed by atoms with Crippen molar-refractivity contribution in [2.24, 2.45) is 0 Å². The van der Waals surface area contributed by atoms with Gasteiger partial charge in [-0.25, -0.2) is 0 Å². The Morgan fingerprint density at radius 3 is 2.53 bits per heavy atom. The standard InChI is InChI=1S/C13H21NO3/c1-3-17-12-6-4-11(5-7-12)13(10-15)14-8-9-16-2/h4-7,13-15H,3,8-10H2,1-2H3. The first kappa shape index (κ1) is 14.0. The Bertz CT molecular complexity index is 300. The van der Waals surface area contributed by atoms with Gasteiger partial charge >= 0.3 is 0 Å². The van der Waals surface area contributed by atoms with Crippen molar-refractivity contribution in [1.29, 1.82) is 0 Å². The zero-order chi connectivity index (χ0) is 12.5. The molecule has 0 aromatic heterocycles. The van der Waals surface area contributed by atoms with Crippen LogP contribution in [0.4, 0.5) is 0 Å². The molecule has 0 radical (unpaired) electrons. The average Bonchev–Trinajstić information content (AvgIpc) is 2.36. The quantitative estimate of drug-likeness (QED) is 0.672. The zero-order valence-electron chi connectivity index (χ0n) is 10.5. The summed E-state index contributed by atoms with van der Waals surface area (Å²) in [6.07, 6.45) is 0. The second-order valence-electron chi connectivity index (χ2n) is 3.68. The van der Waals surface area contributed by atoms with Crippen LogP contribution in [0.15, 0.2) is 24.3 Å². The second kappa shape index (κ2) is 8.06. The minimum atomic E-state index is -0.0548. The van der Waals surface area contributed by atoms with E-state index >= 15 is 0 Å². The third kappa shape index (κ3) is 4.73. The normalized spacial score (nSPS) is 12.4. The lowest BCUT2D eigenvalue weighted by Gasteiger charge is -2.16. The molecule has 1 aromatic carbocycles. The number of rotatable bonds is 8. The molecule has 0 aliphatic carbocycles. The smallest absolute Gasteiger partial charge is 0.119 e. The van der Waals surface area contributed by atoms with Crippen molar-refractivity contribution >= 4 is 0 Å². The molecule has 0 fully saturated rings. The van der Waals surface area contributed by atoms with Crippen LogP contribution in [0, 0.1) is 0 Å². The van der Waals surface area contributed by atoms with Crippen molar-refractivity contribution in [3.8, 4) is 5.75 Å². The van der Waals surface area contributed by atoms with Gasteiger partial charge in [0.15, 0.2) is 0 Å². The van der Waals surface area contributed by atoms with Crippen molar-refractivity contribution in [1.82, 2.24) is 5.32 Å². The lowest BCUT2D eigenvalue weighted by molar-refractivity contribution is 0.184. The molecule has 0 saturated heterocycles. The van der Waals surface area contributed by atoms with Crippen LogP contribution < -0.4 is 10.1 Å². The zero-order valence-corrected chi connectivity index (χ0v) is 10.5. The Labute approximate surface area is 103 Å². The van der Waals surface area contributed by atoms with Gasteiger partial charge in [0.1, 0.15) is 5.75 Å². The van der Waals surface area contributed by atoms with E-state index in [4.69, 9.17) is 9.47 Å². The molecule has 4 heteroatoms. The fraction of sp³-hybridized carbons (Fsp3) is 0.538. The summed E-state index contributed by atoms with van der Waals surface area (Å²) >= 11 is 0. The lowest BCUT2D eigenvalue weighted by atomic mass is 10.1. The third-order valence-electron chi connectivity index (χ3n) is 2.47. The maximum absolute atomic E-state index is 9.32. The lowest BCUT2D eigenvalue weighted by Crippen LogP contribution is -2.27. The Hall–Kier alpha value is -1.10. The van der Waals surface area contributed by atoms with E-state index in [1.165, 1.54) is 0 Å². The molecule has 1 atom stereocenters. The summed E-state index contributed by atoms with van der Waals surface area (Å²) in [6, 6.07) is 7.71. The van der Waals surface area contributed by atoms with Gasteiger partial charge in [-0.2, -0.15) is 0 Å².